The van der Waals surface area contributed by atoms with Gasteiger partial charge in [0, 0.05) is 19.5 Å². The molecule has 1 heterocycles. The van der Waals surface area contributed by atoms with Crippen molar-refractivity contribution < 1.29 is 9.26 Å². The van der Waals surface area contributed by atoms with Crippen LogP contribution in [0.25, 0.3) is 0 Å². The lowest BCUT2D eigenvalue weighted by molar-refractivity contribution is 0.375. The van der Waals surface area contributed by atoms with Crippen LogP contribution in [0.3, 0.4) is 0 Å². The minimum Gasteiger partial charge on any atom is -0.497 e. The Morgan fingerprint density at radius 1 is 1.41 bits per heavy atom. The molecule has 2 aromatic rings. The fourth-order valence-electron chi connectivity index (χ4n) is 1.52. The van der Waals surface area contributed by atoms with E-state index in [0.717, 1.165) is 25.3 Å². The number of hydrogen-bond donors (Lipinski definition) is 1. The minimum absolute atomic E-state index is 0.656. The van der Waals surface area contributed by atoms with E-state index in [1.54, 1.807) is 7.11 Å². The van der Waals surface area contributed by atoms with Crippen LogP contribution < -0.4 is 10.1 Å². The van der Waals surface area contributed by atoms with Crippen LogP contribution in [0.2, 0.25) is 0 Å². The highest BCUT2D eigenvalue weighted by atomic mass is 16.5. The smallest absolute Gasteiger partial charge is 0.227 e. The SMILES string of the molecule is COc1cccc(CNCCc2ncno2)c1. The summed E-state index contributed by atoms with van der Waals surface area (Å²) in [6, 6.07) is 7.98. The van der Waals surface area contributed by atoms with Crippen molar-refractivity contribution in [3.63, 3.8) is 0 Å². The van der Waals surface area contributed by atoms with Gasteiger partial charge in [0.15, 0.2) is 6.33 Å². The summed E-state index contributed by atoms with van der Waals surface area (Å²) in [6.45, 7) is 1.60. The lowest BCUT2D eigenvalue weighted by atomic mass is 10.2. The summed E-state index contributed by atoms with van der Waals surface area (Å²) in [5.74, 6) is 1.53. The first-order valence-corrected chi connectivity index (χ1v) is 5.47. The molecule has 0 amide bonds. The molecule has 90 valence electrons. The summed E-state index contributed by atoms with van der Waals surface area (Å²) in [6.07, 6.45) is 2.15. The highest BCUT2D eigenvalue weighted by Crippen LogP contribution is 2.11. The Labute approximate surface area is 99.8 Å². The van der Waals surface area contributed by atoms with E-state index in [1.807, 2.05) is 18.2 Å². The Kier molecular flexibility index (Phi) is 4.10. The number of ether oxygens (including phenoxy) is 1. The van der Waals surface area contributed by atoms with Crippen LogP contribution in [0.4, 0.5) is 0 Å². The van der Waals surface area contributed by atoms with Gasteiger partial charge in [-0.05, 0) is 17.7 Å². The molecule has 0 radical (unpaired) electrons. The molecule has 0 fully saturated rings. The summed E-state index contributed by atoms with van der Waals surface area (Å²) in [5, 5.41) is 6.86. The van der Waals surface area contributed by atoms with Crippen LogP contribution in [0.5, 0.6) is 5.75 Å². The van der Waals surface area contributed by atoms with Gasteiger partial charge in [-0.1, -0.05) is 17.3 Å². The maximum Gasteiger partial charge on any atom is 0.227 e. The molecule has 0 aliphatic heterocycles. The summed E-state index contributed by atoms with van der Waals surface area (Å²) >= 11 is 0. The second kappa shape index (κ2) is 6.00. The molecule has 1 aromatic carbocycles. The second-order valence-corrected chi connectivity index (χ2v) is 3.61. The summed E-state index contributed by atoms with van der Waals surface area (Å²) in [5.41, 5.74) is 1.19. The summed E-state index contributed by atoms with van der Waals surface area (Å²) in [4.78, 5) is 3.95. The molecule has 0 saturated heterocycles. The number of aromatic nitrogens is 2. The molecule has 2 rings (SSSR count). The number of rotatable bonds is 6. The van der Waals surface area contributed by atoms with Crippen LogP contribution in [0.1, 0.15) is 11.5 Å². The van der Waals surface area contributed by atoms with Gasteiger partial charge in [-0.3, -0.25) is 0 Å². The van der Waals surface area contributed by atoms with Crippen LogP contribution >= 0.6 is 0 Å². The van der Waals surface area contributed by atoms with Crippen LogP contribution in [0, 0.1) is 0 Å². The van der Waals surface area contributed by atoms with E-state index in [9.17, 15) is 0 Å². The average molecular weight is 233 g/mol. The van der Waals surface area contributed by atoms with Crippen LogP contribution in [-0.4, -0.2) is 23.8 Å². The number of nitrogens with zero attached hydrogens (tertiary/aromatic N) is 2. The fourth-order valence-corrected chi connectivity index (χ4v) is 1.52. The third kappa shape index (κ3) is 3.57. The van der Waals surface area contributed by atoms with Gasteiger partial charge in [0.25, 0.3) is 0 Å². The van der Waals surface area contributed by atoms with Crippen molar-refractivity contribution >= 4 is 0 Å². The van der Waals surface area contributed by atoms with Gasteiger partial charge in [0.1, 0.15) is 5.75 Å². The van der Waals surface area contributed by atoms with E-state index in [0.29, 0.717) is 5.89 Å². The van der Waals surface area contributed by atoms with Gasteiger partial charge < -0.3 is 14.6 Å². The molecule has 0 aliphatic rings. The molecule has 1 aromatic heterocycles. The zero-order valence-electron chi connectivity index (χ0n) is 9.72. The van der Waals surface area contributed by atoms with Crippen molar-refractivity contribution in [2.24, 2.45) is 0 Å². The monoisotopic (exact) mass is 233 g/mol. The van der Waals surface area contributed by atoms with Gasteiger partial charge in [-0.15, -0.1) is 0 Å². The van der Waals surface area contributed by atoms with Crippen LogP contribution in [-0.2, 0) is 13.0 Å². The summed E-state index contributed by atoms with van der Waals surface area (Å²) in [7, 11) is 1.67. The molecule has 5 heteroatoms. The first-order chi connectivity index (χ1) is 8.38. The average Bonchev–Trinajstić information content (AvgIpc) is 2.88. The zero-order chi connectivity index (χ0) is 11.9. The molecule has 0 saturated carbocycles. The van der Waals surface area contributed by atoms with E-state index in [1.165, 1.54) is 11.9 Å². The van der Waals surface area contributed by atoms with Gasteiger partial charge in [-0.25, -0.2) is 0 Å². The van der Waals surface area contributed by atoms with E-state index in [4.69, 9.17) is 9.26 Å². The molecule has 0 bridgehead atoms. The maximum absolute atomic E-state index is 5.16. The second-order valence-electron chi connectivity index (χ2n) is 3.61. The van der Waals surface area contributed by atoms with Gasteiger partial charge >= 0.3 is 0 Å². The highest BCUT2D eigenvalue weighted by molar-refractivity contribution is 5.28. The Hall–Kier alpha value is -1.88. The molecule has 1 N–H and O–H groups in total. The fraction of sp³-hybridized carbons (Fsp3) is 0.333. The standard InChI is InChI=1S/C12H15N3O2/c1-16-11-4-2-3-10(7-11)8-13-6-5-12-14-9-15-17-12/h2-4,7,9,13H,5-6,8H2,1H3. The minimum atomic E-state index is 0.656. The molecular formula is C12H15N3O2. The number of benzene rings is 1. The Morgan fingerprint density at radius 3 is 3.12 bits per heavy atom. The molecule has 0 atom stereocenters. The first kappa shape index (κ1) is 11.6. The van der Waals surface area contributed by atoms with E-state index < -0.39 is 0 Å². The van der Waals surface area contributed by atoms with Crippen molar-refractivity contribution in [1.29, 1.82) is 0 Å². The van der Waals surface area contributed by atoms with Gasteiger partial charge in [-0.2, -0.15) is 4.98 Å². The predicted molar refractivity (Wildman–Crippen MR) is 62.7 cm³/mol. The maximum atomic E-state index is 5.16. The largest absolute Gasteiger partial charge is 0.497 e. The molecule has 5 nitrogen and oxygen atoms in total. The molecule has 17 heavy (non-hydrogen) atoms. The van der Waals surface area contributed by atoms with E-state index in [-0.39, 0.29) is 0 Å². The number of hydrogen-bond acceptors (Lipinski definition) is 5. The Balaban J connectivity index is 1.74. The van der Waals surface area contributed by atoms with Crippen molar-refractivity contribution in [3.8, 4) is 5.75 Å². The molecule has 0 unspecified atom stereocenters. The lowest BCUT2D eigenvalue weighted by Crippen LogP contribution is -2.16. The molecule has 0 aliphatic carbocycles. The Bertz CT molecular complexity index is 443. The van der Waals surface area contributed by atoms with Gasteiger partial charge in [0.2, 0.25) is 5.89 Å². The van der Waals surface area contributed by atoms with E-state index >= 15 is 0 Å². The van der Waals surface area contributed by atoms with Crippen molar-refractivity contribution in [3.05, 3.63) is 42.0 Å². The Morgan fingerprint density at radius 2 is 2.35 bits per heavy atom. The van der Waals surface area contributed by atoms with Crippen molar-refractivity contribution in [2.45, 2.75) is 13.0 Å². The quantitative estimate of drug-likeness (QED) is 0.764. The van der Waals surface area contributed by atoms with Crippen molar-refractivity contribution in [2.75, 3.05) is 13.7 Å². The predicted octanol–water partition coefficient (Wildman–Crippen LogP) is 1.41. The van der Waals surface area contributed by atoms with Crippen molar-refractivity contribution in [1.82, 2.24) is 15.5 Å². The zero-order valence-corrected chi connectivity index (χ0v) is 9.72. The van der Waals surface area contributed by atoms with Crippen LogP contribution in [0.15, 0.2) is 35.1 Å². The molecular weight excluding hydrogens is 218 g/mol. The van der Waals surface area contributed by atoms with E-state index in [2.05, 4.69) is 21.5 Å². The topological polar surface area (TPSA) is 60.2 Å². The van der Waals surface area contributed by atoms with Gasteiger partial charge in [0.05, 0.1) is 7.11 Å². The number of methoxy groups -OCH3 is 1. The molecule has 0 spiro atoms. The summed E-state index contributed by atoms with van der Waals surface area (Å²) < 4.78 is 10.1. The third-order valence-corrected chi connectivity index (χ3v) is 2.39. The number of nitrogens with one attached hydrogen (secondary N) is 1. The first-order valence-electron chi connectivity index (χ1n) is 5.47. The third-order valence-electron chi connectivity index (χ3n) is 2.39. The highest BCUT2D eigenvalue weighted by Gasteiger charge is 1.99. The lowest BCUT2D eigenvalue weighted by Gasteiger charge is -2.05. The normalized spacial score (nSPS) is 10.4.